The molecular weight excluding hydrogens is 368 g/mol. The summed E-state index contributed by atoms with van der Waals surface area (Å²) in [4.78, 5) is 22.9. The van der Waals surface area contributed by atoms with Gasteiger partial charge in [-0.05, 0) is 26.3 Å². The van der Waals surface area contributed by atoms with Gasteiger partial charge in [-0.1, -0.05) is 41.2 Å². The number of nitrogens with zero attached hydrogens (tertiary/aromatic N) is 5. The van der Waals surface area contributed by atoms with E-state index in [9.17, 15) is 14.9 Å². The van der Waals surface area contributed by atoms with Crippen molar-refractivity contribution in [2.45, 2.75) is 33.9 Å². The van der Waals surface area contributed by atoms with Gasteiger partial charge in [-0.3, -0.25) is 19.6 Å². The molecule has 0 radical (unpaired) electrons. The molecule has 3 aromatic rings. The van der Waals surface area contributed by atoms with Crippen molar-refractivity contribution in [1.29, 1.82) is 0 Å². The summed E-state index contributed by atoms with van der Waals surface area (Å²) >= 11 is 1.14. The molecule has 9 nitrogen and oxygen atoms in total. The van der Waals surface area contributed by atoms with Gasteiger partial charge < -0.3 is 5.32 Å². The topological polar surface area (TPSA) is 116 Å². The fourth-order valence-corrected chi connectivity index (χ4v) is 3.35. The van der Waals surface area contributed by atoms with E-state index in [0.29, 0.717) is 22.9 Å². The normalized spacial score (nSPS) is 10.8. The second-order valence-corrected chi connectivity index (χ2v) is 7.17. The van der Waals surface area contributed by atoms with Crippen LogP contribution in [0.1, 0.15) is 37.3 Å². The second-order valence-electron chi connectivity index (χ2n) is 6.10. The Morgan fingerprint density at radius 1 is 1.22 bits per heavy atom. The highest BCUT2D eigenvalue weighted by molar-refractivity contribution is 7.13. The molecule has 0 aliphatic rings. The highest BCUT2D eigenvalue weighted by Crippen LogP contribution is 2.23. The van der Waals surface area contributed by atoms with Crippen molar-refractivity contribution in [2.24, 2.45) is 0 Å². The van der Waals surface area contributed by atoms with E-state index in [1.165, 1.54) is 4.68 Å². The van der Waals surface area contributed by atoms with Crippen LogP contribution in [0, 0.1) is 30.9 Å². The predicted octanol–water partition coefficient (Wildman–Crippen LogP) is 2.55. The maximum Gasteiger partial charge on any atom is 0.312 e. The third-order valence-corrected chi connectivity index (χ3v) is 4.95. The maximum absolute atomic E-state index is 12.3. The number of hydrogen-bond acceptors (Lipinski definition) is 7. The Hall–Kier alpha value is -3.14. The van der Waals surface area contributed by atoms with Gasteiger partial charge in [-0.25, -0.2) is 0 Å². The first-order valence-corrected chi connectivity index (χ1v) is 9.01. The summed E-state index contributed by atoms with van der Waals surface area (Å²) in [5.74, 6) is -0.307. The van der Waals surface area contributed by atoms with Crippen molar-refractivity contribution in [1.82, 2.24) is 25.3 Å². The number of rotatable bonds is 6. The fraction of sp³-hybridized carbons (Fsp3) is 0.294. The summed E-state index contributed by atoms with van der Waals surface area (Å²) in [5.41, 5.74) is 2.93. The Bertz CT molecular complexity index is 993. The highest BCUT2D eigenvalue weighted by atomic mass is 32.1. The number of nitro groups is 1. The lowest BCUT2D eigenvalue weighted by atomic mass is 10.1. The molecule has 3 rings (SSSR count). The van der Waals surface area contributed by atoms with E-state index in [2.05, 4.69) is 20.6 Å². The lowest BCUT2D eigenvalue weighted by Crippen LogP contribution is -2.22. The minimum absolute atomic E-state index is 0.00409. The van der Waals surface area contributed by atoms with Crippen LogP contribution in [0.4, 0.5) is 5.69 Å². The standard InChI is InChI=1S/C17H18N6O3S/c1-10-4-6-13(7-5-10)8-18-16(24)17-20-19-14(27-17)9-22-12(3)15(23(25)26)11(2)21-22/h4-7H,8-9H2,1-3H3,(H,18,24). The summed E-state index contributed by atoms with van der Waals surface area (Å²) in [7, 11) is 0. The van der Waals surface area contributed by atoms with E-state index < -0.39 is 4.92 Å². The quantitative estimate of drug-likeness (QED) is 0.514. The molecule has 0 unspecified atom stereocenters. The average molecular weight is 386 g/mol. The van der Waals surface area contributed by atoms with Gasteiger partial charge in [-0.2, -0.15) is 5.10 Å². The number of nitrogens with one attached hydrogen (secondary N) is 1. The number of amides is 1. The number of carbonyl (C=O) groups excluding carboxylic acids is 1. The van der Waals surface area contributed by atoms with Gasteiger partial charge in [0.25, 0.3) is 5.91 Å². The first-order valence-electron chi connectivity index (χ1n) is 8.19. The predicted molar refractivity (Wildman–Crippen MR) is 99.7 cm³/mol. The first-order chi connectivity index (χ1) is 12.8. The van der Waals surface area contributed by atoms with Gasteiger partial charge in [0, 0.05) is 6.54 Å². The van der Waals surface area contributed by atoms with Crippen molar-refractivity contribution in [3.8, 4) is 0 Å². The van der Waals surface area contributed by atoms with Crippen LogP contribution in [0.5, 0.6) is 0 Å². The van der Waals surface area contributed by atoms with Crippen LogP contribution in [-0.4, -0.2) is 30.8 Å². The molecule has 140 valence electrons. The largest absolute Gasteiger partial charge is 0.346 e. The molecule has 2 heterocycles. The molecule has 0 spiro atoms. The van der Waals surface area contributed by atoms with Gasteiger partial charge in [-0.15, -0.1) is 10.2 Å². The van der Waals surface area contributed by atoms with E-state index in [1.54, 1.807) is 13.8 Å². The number of carbonyl (C=O) groups is 1. The van der Waals surface area contributed by atoms with Crippen LogP contribution >= 0.6 is 11.3 Å². The summed E-state index contributed by atoms with van der Waals surface area (Å²) in [6.45, 7) is 5.85. The molecule has 10 heteroatoms. The zero-order chi connectivity index (χ0) is 19.6. The van der Waals surface area contributed by atoms with E-state index in [4.69, 9.17) is 0 Å². The van der Waals surface area contributed by atoms with Crippen LogP contribution in [0.25, 0.3) is 0 Å². The Balaban J connectivity index is 1.66. The molecule has 1 amide bonds. The number of benzene rings is 1. The van der Waals surface area contributed by atoms with Gasteiger partial charge in [0.2, 0.25) is 5.01 Å². The summed E-state index contributed by atoms with van der Waals surface area (Å²) < 4.78 is 1.50. The van der Waals surface area contributed by atoms with Crippen molar-refractivity contribution in [2.75, 3.05) is 0 Å². The Labute approximate surface area is 159 Å². The van der Waals surface area contributed by atoms with Crippen LogP contribution < -0.4 is 5.32 Å². The molecule has 0 aliphatic heterocycles. The van der Waals surface area contributed by atoms with Crippen LogP contribution in [-0.2, 0) is 13.1 Å². The van der Waals surface area contributed by atoms with Crippen LogP contribution in [0.2, 0.25) is 0 Å². The van der Waals surface area contributed by atoms with Crippen molar-refractivity contribution in [3.63, 3.8) is 0 Å². The van der Waals surface area contributed by atoms with Crippen molar-refractivity contribution in [3.05, 3.63) is 66.9 Å². The van der Waals surface area contributed by atoms with Gasteiger partial charge >= 0.3 is 5.69 Å². The fourth-order valence-electron chi connectivity index (χ4n) is 2.61. The summed E-state index contributed by atoms with van der Waals surface area (Å²) in [6, 6.07) is 7.88. The zero-order valence-electron chi connectivity index (χ0n) is 15.1. The molecule has 1 aromatic carbocycles. The maximum atomic E-state index is 12.3. The third-order valence-electron chi connectivity index (χ3n) is 4.05. The molecule has 0 atom stereocenters. The Morgan fingerprint density at radius 2 is 1.93 bits per heavy atom. The number of aromatic nitrogens is 4. The molecule has 0 saturated carbocycles. The molecule has 27 heavy (non-hydrogen) atoms. The number of hydrogen-bond donors (Lipinski definition) is 1. The average Bonchev–Trinajstić information content (AvgIpc) is 3.19. The second kappa shape index (κ2) is 7.62. The van der Waals surface area contributed by atoms with E-state index >= 15 is 0 Å². The third kappa shape index (κ3) is 4.17. The van der Waals surface area contributed by atoms with E-state index in [1.807, 2.05) is 31.2 Å². The van der Waals surface area contributed by atoms with Gasteiger partial charge in [0.15, 0.2) is 0 Å². The minimum atomic E-state index is -0.446. The molecular formula is C17H18N6O3S. The van der Waals surface area contributed by atoms with E-state index in [-0.39, 0.29) is 23.1 Å². The molecule has 0 saturated heterocycles. The van der Waals surface area contributed by atoms with Gasteiger partial charge in [0.05, 0.1) is 11.5 Å². The summed E-state index contributed by atoms with van der Waals surface area (Å²) in [6.07, 6.45) is 0. The monoisotopic (exact) mass is 386 g/mol. The van der Waals surface area contributed by atoms with E-state index in [0.717, 1.165) is 22.5 Å². The minimum Gasteiger partial charge on any atom is -0.346 e. The van der Waals surface area contributed by atoms with Crippen molar-refractivity contribution >= 4 is 22.9 Å². The lowest BCUT2D eigenvalue weighted by molar-refractivity contribution is -0.386. The molecule has 0 bridgehead atoms. The van der Waals surface area contributed by atoms with Crippen molar-refractivity contribution < 1.29 is 9.72 Å². The molecule has 0 aliphatic carbocycles. The molecule has 2 aromatic heterocycles. The summed E-state index contributed by atoms with van der Waals surface area (Å²) in [5, 5.41) is 26.8. The number of aryl methyl sites for hydroxylation is 2. The van der Waals surface area contributed by atoms with Crippen LogP contribution in [0.15, 0.2) is 24.3 Å². The smallest absolute Gasteiger partial charge is 0.312 e. The van der Waals surface area contributed by atoms with Crippen LogP contribution in [0.3, 0.4) is 0 Å². The van der Waals surface area contributed by atoms with Gasteiger partial charge in [0.1, 0.15) is 16.4 Å². The lowest BCUT2D eigenvalue weighted by Gasteiger charge is -2.03. The Kier molecular flexibility index (Phi) is 5.26. The SMILES string of the molecule is Cc1ccc(CNC(=O)c2nnc(Cn3nc(C)c([N+](=O)[O-])c3C)s2)cc1. The molecule has 0 fully saturated rings. The Morgan fingerprint density at radius 3 is 2.56 bits per heavy atom. The highest BCUT2D eigenvalue weighted by Gasteiger charge is 2.22. The molecule has 1 N–H and O–H groups in total. The zero-order valence-corrected chi connectivity index (χ0v) is 15.9. The first kappa shape index (κ1) is 18.6.